The second-order valence-corrected chi connectivity index (χ2v) is 6.26. The highest BCUT2D eigenvalue weighted by Gasteiger charge is 2.07. The molecule has 1 unspecified atom stereocenters. The number of carbonyl (C=O) groups is 1. The Balaban J connectivity index is 2.50. The van der Waals surface area contributed by atoms with E-state index in [1.807, 2.05) is 0 Å². The zero-order valence-corrected chi connectivity index (χ0v) is 13.0. The minimum absolute atomic E-state index is 0.0596. The highest BCUT2D eigenvalue weighted by molar-refractivity contribution is 9.10. The van der Waals surface area contributed by atoms with Crippen LogP contribution in [0.5, 0.6) is 0 Å². The molecule has 0 spiro atoms. The summed E-state index contributed by atoms with van der Waals surface area (Å²) >= 11 is 11.0. The minimum Gasteiger partial charge on any atom is -0.352 e. The van der Waals surface area contributed by atoms with Crippen LogP contribution in [0.2, 0.25) is 5.02 Å². The Bertz CT molecular complexity index is 400. The summed E-state index contributed by atoms with van der Waals surface area (Å²) in [4.78, 5) is 11.8. The van der Waals surface area contributed by atoms with E-state index >= 15 is 0 Å². The molecule has 0 aromatic heterocycles. The van der Waals surface area contributed by atoms with E-state index in [4.69, 9.17) is 11.6 Å². The molecule has 0 saturated carbocycles. The fraction of sp³-hybridized carbons (Fsp3) is 0.417. The molecule has 5 heteroatoms. The molecule has 94 valence electrons. The van der Waals surface area contributed by atoms with Crippen molar-refractivity contribution in [1.82, 2.24) is 5.32 Å². The predicted octanol–water partition coefficient (Wildman–Crippen LogP) is 3.97. The first-order valence-corrected chi connectivity index (χ1v) is 7.76. The van der Waals surface area contributed by atoms with Gasteiger partial charge in [0.05, 0.1) is 5.02 Å². The number of nitrogens with one attached hydrogen (secondary N) is 1. The number of benzene rings is 1. The minimum atomic E-state index is -0.0596. The molecule has 2 nitrogen and oxygen atoms in total. The van der Waals surface area contributed by atoms with E-state index in [1.165, 1.54) is 0 Å². The zero-order valence-electron chi connectivity index (χ0n) is 9.80. The zero-order chi connectivity index (χ0) is 12.8. The second-order valence-electron chi connectivity index (χ2n) is 3.72. The number of thioether (sulfide) groups is 1. The predicted molar refractivity (Wildman–Crippen MR) is 79.1 cm³/mol. The highest BCUT2D eigenvalue weighted by atomic mass is 79.9. The topological polar surface area (TPSA) is 29.1 Å². The van der Waals surface area contributed by atoms with Gasteiger partial charge in [-0.25, -0.2) is 0 Å². The molecule has 17 heavy (non-hydrogen) atoms. The highest BCUT2D eigenvalue weighted by Crippen LogP contribution is 2.23. The Morgan fingerprint density at radius 1 is 1.59 bits per heavy atom. The van der Waals surface area contributed by atoms with Gasteiger partial charge in [0.2, 0.25) is 0 Å². The van der Waals surface area contributed by atoms with Crippen LogP contribution in [0.15, 0.2) is 22.7 Å². The van der Waals surface area contributed by atoms with Crippen molar-refractivity contribution in [3.63, 3.8) is 0 Å². The van der Waals surface area contributed by atoms with E-state index in [-0.39, 0.29) is 5.91 Å². The molecule has 1 atom stereocenters. The lowest BCUT2D eigenvalue weighted by Gasteiger charge is -2.09. The summed E-state index contributed by atoms with van der Waals surface area (Å²) in [6.07, 6.45) is 3.05. The Kier molecular flexibility index (Phi) is 6.38. The van der Waals surface area contributed by atoms with Gasteiger partial charge < -0.3 is 5.32 Å². The lowest BCUT2D eigenvalue weighted by atomic mass is 10.2. The van der Waals surface area contributed by atoms with Crippen molar-refractivity contribution in [1.29, 1.82) is 0 Å². The Morgan fingerprint density at radius 3 is 2.88 bits per heavy atom. The van der Waals surface area contributed by atoms with Crippen molar-refractivity contribution in [3.05, 3.63) is 33.3 Å². The molecule has 1 aromatic rings. The largest absolute Gasteiger partial charge is 0.352 e. The van der Waals surface area contributed by atoms with Crippen LogP contribution in [0.1, 0.15) is 23.7 Å². The van der Waals surface area contributed by atoms with Crippen LogP contribution < -0.4 is 5.32 Å². The molecule has 1 N–H and O–H groups in total. The third-order valence-corrected chi connectivity index (χ3v) is 4.67. The van der Waals surface area contributed by atoms with Gasteiger partial charge in [-0.15, -0.1) is 0 Å². The molecule has 0 aliphatic heterocycles. The number of amides is 1. The molecular formula is C12H15BrClNOS. The Hall–Kier alpha value is -0.190. The fourth-order valence-corrected chi connectivity index (χ4v) is 2.10. The molecule has 0 aliphatic carbocycles. The van der Waals surface area contributed by atoms with Crippen LogP contribution in [0, 0.1) is 0 Å². The van der Waals surface area contributed by atoms with Crippen LogP contribution in [0.3, 0.4) is 0 Å². The van der Waals surface area contributed by atoms with E-state index in [0.717, 1.165) is 10.9 Å². The van der Waals surface area contributed by atoms with Gasteiger partial charge in [0, 0.05) is 21.8 Å². The molecule has 1 aromatic carbocycles. The third-order valence-electron chi connectivity index (χ3n) is 2.42. The summed E-state index contributed by atoms with van der Waals surface area (Å²) in [6.45, 7) is 2.84. The summed E-state index contributed by atoms with van der Waals surface area (Å²) in [5.41, 5.74) is 0.623. The van der Waals surface area contributed by atoms with Gasteiger partial charge in [0.1, 0.15) is 0 Å². The lowest BCUT2D eigenvalue weighted by molar-refractivity contribution is 0.0953. The Labute approximate surface area is 120 Å². The average Bonchev–Trinajstić information content (AvgIpc) is 2.32. The number of hydrogen-bond donors (Lipinski definition) is 1. The monoisotopic (exact) mass is 335 g/mol. The standard InChI is InChI=1S/C12H15BrClNOS/c1-8(17-2)5-6-15-12(16)9-3-4-11(14)10(13)7-9/h3-4,7-8H,5-6H2,1-2H3,(H,15,16). The number of rotatable bonds is 5. The molecule has 0 radical (unpaired) electrons. The summed E-state index contributed by atoms with van der Waals surface area (Å²) in [5, 5.41) is 4.07. The van der Waals surface area contributed by atoms with Gasteiger partial charge in [0.15, 0.2) is 0 Å². The van der Waals surface area contributed by atoms with Gasteiger partial charge in [-0.1, -0.05) is 18.5 Å². The molecule has 0 aliphatic rings. The van der Waals surface area contributed by atoms with Gasteiger partial charge in [-0.2, -0.15) is 11.8 Å². The molecular weight excluding hydrogens is 322 g/mol. The molecule has 1 amide bonds. The maximum absolute atomic E-state index is 11.8. The first-order valence-electron chi connectivity index (χ1n) is 5.30. The summed E-state index contributed by atoms with van der Waals surface area (Å²) in [6, 6.07) is 5.17. The van der Waals surface area contributed by atoms with Crippen molar-refractivity contribution in [3.8, 4) is 0 Å². The molecule has 0 saturated heterocycles. The average molecular weight is 337 g/mol. The van der Waals surface area contributed by atoms with Crippen LogP contribution in [0.4, 0.5) is 0 Å². The molecule has 0 fully saturated rings. The summed E-state index contributed by atoms with van der Waals surface area (Å²) < 4.78 is 0.740. The fourth-order valence-electron chi connectivity index (χ4n) is 1.25. The van der Waals surface area contributed by atoms with Crippen LogP contribution >= 0.6 is 39.3 Å². The Morgan fingerprint density at radius 2 is 2.29 bits per heavy atom. The van der Waals surface area contributed by atoms with Crippen LogP contribution in [-0.4, -0.2) is 24.0 Å². The smallest absolute Gasteiger partial charge is 0.251 e. The normalized spacial score (nSPS) is 12.2. The quantitative estimate of drug-likeness (QED) is 0.881. The maximum atomic E-state index is 11.8. The van der Waals surface area contributed by atoms with E-state index < -0.39 is 0 Å². The summed E-state index contributed by atoms with van der Waals surface area (Å²) in [7, 11) is 0. The van der Waals surface area contributed by atoms with Gasteiger partial charge in [-0.05, 0) is 46.8 Å². The third kappa shape index (κ3) is 4.90. The van der Waals surface area contributed by atoms with Crippen molar-refractivity contribution in [2.24, 2.45) is 0 Å². The number of carbonyl (C=O) groups excluding carboxylic acids is 1. The molecule has 1 rings (SSSR count). The first-order chi connectivity index (χ1) is 8.04. The SMILES string of the molecule is CSC(C)CCNC(=O)c1ccc(Cl)c(Br)c1. The van der Waals surface area contributed by atoms with Crippen LogP contribution in [-0.2, 0) is 0 Å². The van der Waals surface area contributed by atoms with E-state index in [9.17, 15) is 4.79 Å². The van der Waals surface area contributed by atoms with Gasteiger partial charge in [0.25, 0.3) is 5.91 Å². The van der Waals surface area contributed by atoms with Crippen molar-refractivity contribution in [2.75, 3.05) is 12.8 Å². The van der Waals surface area contributed by atoms with Crippen molar-refractivity contribution < 1.29 is 4.79 Å². The van der Waals surface area contributed by atoms with E-state index in [1.54, 1.807) is 30.0 Å². The molecule has 0 heterocycles. The maximum Gasteiger partial charge on any atom is 0.251 e. The van der Waals surface area contributed by atoms with Crippen LogP contribution in [0.25, 0.3) is 0 Å². The first kappa shape index (κ1) is 14.9. The van der Waals surface area contributed by atoms with Gasteiger partial charge in [-0.3, -0.25) is 4.79 Å². The van der Waals surface area contributed by atoms with Crippen molar-refractivity contribution >= 4 is 45.2 Å². The van der Waals surface area contributed by atoms with Crippen molar-refractivity contribution in [2.45, 2.75) is 18.6 Å². The van der Waals surface area contributed by atoms with E-state index in [2.05, 4.69) is 34.4 Å². The second kappa shape index (κ2) is 7.29. The summed E-state index contributed by atoms with van der Waals surface area (Å²) in [5.74, 6) is -0.0596. The van der Waals surface area contributed by atoms with E-state index in [0.29, 0.717) is 22.4 Å². The number of hydrogen-bond acceptors (Lipinski definition) is 2. The van der Waals surface area contributed by atoms with Gasteiger partial charge >= 0.3 is 0 Å². The lowest BCUT2D eigenvalue weighted by Crippen LogP contribution is -2.25. The number of halogens is 2. The molecule has 0 bridgehead atoms.